The number of anilines is 1. The summed E-state index contributed by atoms with van der Waals surface area (Å²) in [5.74, 6) is -0.234. The number of hydrogen-bond donors (Lipinski definition) is 2. The molecular weight excluding hydrogens is 352 g/mol. The first kappa shape index (κ1) is 17.9. The number of rotatable bonds is 5. The van der Waals surface area contributed by atoms with Gasteiger partial charge in [0.25, 0.3) is 5.91 Å². The van der Waals surface area contributed by atoms with Gasteiger partial charge in [-0.1, -0.05) is 47.6 Å². The number of benzene rings is 2. The lowest BCUT2D eigenvalue weighted by Gasteiger charge is -2.14. The summed E-state index contributed by atoms with van der Waals surface area (Å²) in [6.07, 6.45) is 3.16. The van der Waals surface area contributed by atoms with Gasteiger partial charge in [-0.25, -0.2) is 0 Å². The molecule has 0 aliphatic carbocycles. The predicted octanol–water partition coefficient (Wildman–Crippen LogP) is 3.26. The van der Waals surface area contributed by atoms with Crippen molar-refractivity contribution >= 4 is 17.3 Å². The van der Waals surface area contributed by atoms with Crippen LogP contribution in [0.25, 0.3) is 0 Å². The lowest BCUT2D eigenvalue weighted by molar-refractivity contribution is -0.125. The number of aromatic nitrogens is 1. The van der Waals surface area contributed by atoms with E-state index in [0.717, 1.165) is 22.4 Å². The Bertz CT molecular complexity index is 972. The summed E-state index contributed by atoms with van der Waals surface area (Å²) < 4.78 is 0. The fourth-order valence-corrected chi connectivity index (χ4v) is 3.07. The summed E-state index contributed by atoms with van der Waals surface area (Å²) in [4.78, 5) is 21.8. The molecule has 3 N–H and O–H groups in total. The number of nitrogens with zero attached hydrogens (tertiary/aromatic N) is 2. The molecule has 140 valence electrons. The lowest BCUT2D eigenvalue weighted by atomic mass is 9.99. The summed E-state index contributed by atoms with van der Waals surface area (Å²) in [5.41, 5.74) is 10.6. The fraction of sp³-hybridized carbons (Fsp3) is 0.136. The average Bonchev–Trinajstić information content (AvgIpc) is 3.26. The van der Waals surface area contributed by atoms with Crippen LogP contribution >= 0.6 is 0 Å². The molecule has 0 saturated carbocycles. The van der Waals surface area contributed by atoms with E-state index in [0.29, 0.717) is 12.1 Å². The van der Waals surface area contributed by atoms with Gasteiger partial charge in [-0.3, -0.25) is 9.78 Å². The maximum atomic E-state index is 12.5. The molecule has 2 heterocycles. The molecule has 0 fully saturated rings. The van der Waals surface area contributed by atoms with Crippen molar-refractivity contribution < 1.29 is 9.63 Å². The van der Waals surface area contributed by atoms with Gasteiger partial charge in [-0.2, -0.15) is 0 Å². The minimum atomic E-state index is -0.651. The number of nitrogens with two attached hydrogens (primary N) is 1. The van der Waals surface area contributed by atoms with Gasteiger partial charge >= 0.3 is 0 Å². The van der Waals surface area contributed by atoms with Crippen molar-refractivity contribution in [2.45, 2.75) is 18.6 Å². The van der Waals surface area contributed by atoms with E-state index in [1.165, 1.54) is 0 Å². The van der Waals surface area contributed by atoms with Crippen molar-refractivity contribution in [3.63, 3.8) is 0 Å². The zero-order valence-corrected chi connectivity index (χ0v) is 15.2. The lowest BCUT2D eigenvalue weighted by Crippen LogP contribution is -2.28. The highest BCUT2D eigenvalue weighted by Gasteiger charge is 2.29. The highest BCUT2D eigenvalue weighted by atomic mass is 16.6. The maximum absolute atomic E-state index is 12.5. The first-order chi connectivity index (χ1) is 13.7. The van der Waals surface area contributed by atoms with Crippen molar-refractivity contribution in [2.24, 2.45) is 10.9 Å². The number of carbonyl (C=O) groups excluding carboxylic acids is 1. The van der Waals surface area contributed by atoms with Crippen LogP contribution in [0.3, 0.4) is 0 Å². The minimum Gasteiger partial charge on any atom is -0.382 e. The Kier molecular flexibility index (Phi) is 5.12. The van der Waals surface area contributed by atoms with Gasteiger partial charge in [0.2, 0.25) is 6.10 Å². The molecule has 2 atom stereocenters. The quantitative estimate of drug-likeness (QED) is 0.719. The summed E-state index contributed by atoms with van der Waals surface area (Å²) in [5, 5.41) is 6.89. The van der Waals surface area contributed by atoms with Gasteiger partial charge in [-0.15, -0.1) is 0 Å². The van der Waals surface area contributed by atoms with Crippen molar-refractivity contribution in [3.05, 3.63) is 95.8 Å². The zero-order valence-electron chi connectivity index (χ0n) is 15.2. The monoisotopic (exact) mass is 372 g/mol. The number of carbonyl (C=O) groups is 1. The molecule has 0 bridgehead atoms. The van der Waals surface area contributed by atoms with Crippen LogP contribution in [0.15, 0.2) is 84.3 Å². The Morgan fingerprint density at radius 2 is 1.79 bits per heavy atom. The molecule has 1 aliphatic heterocycles. The number of pyridine rings is 1. The highest BCUT2D eigenvalue weighted by molar-refractivity contribution is 6.05. The first-order valence-electron chi connectivity index (χ1n) is 9.05. The largest absolute Gasteiger partial charge is 0.382 e. The molecule has 3 aromatic rings. The molecule has 0 radical (unpaired) electrons. The SMILES string of the molecule is NC(c1ccccc1)c1ccc(NC(=O)C2CC(c3cccnc3)=NO2)cc1. The van der Waals surface area contributed by atoms with E-state index in [9.17, 15) is 4.79 Å². The first-order valence-corrected chi connectivity index (χ1v) is 9.05. The van der Waals surface area contributed by atoms with Crippen LogP contribution in [0.1, 0.15) is 29.2 Å². The molecular formula is C22H20N4O2. The molecule has 28 heavy (non-hydrogen) atoms. The Morgan fingerprint density at radius 1 is 1.04 bits per heavy atom. The minimum absolute atomic E-state index is 0.209. The van der Waals surface area contributed by atoms with Crippen LogP contribution in [0.5, 0.6) is 0 Å². The van der Waals surface area contributed by atoms with Crippen molar-refractivity contribution in [2.75, 3.05) is 5.32 Å². The Hall–Kier alpha value is -3.51. The summed E-state index contributed by atoms with van der Waals surface area (Å²) in [6, 6.07) is 20.9. The van der Waals surface area contributed by atoms with Crippen LogP contribution < -0.4 is 11.1 Å². The number of nitrogens with one attached hydrogen (secondary N) is 1. The normalized spacial score (nSPS) is 16.8. The number of hydrogen-bond acceptors (Lipinski definition) is 5. The second-order valence-corrected chi connectivity index (χ2v) is 6.58. The van der Waals surface area contributed by atoms with Crippen LogP contribution in [0.2, 0.25) is 0 Å². The van der Waals surface area contributed by atoms with Gasteiger partial charge in [0.05, 0.1) is 11.8 Å². The molecule has 2 aromatic carbocycles. The summed E-state index contributed by atoms with van der Waals surface area (Å²) >= 11 is 0. The number of amides is 1. The second-order valence-electron chi connectivity index (χ2n) is 6.58. The van der Waals surface area contributed by atoms with Crippen LogP contribution in [0.4, 0.5) is 5.69 Å². The molecule has 2 unspecified atom stereocenters. The third-order valence-corrected chi connectivity index (χ3v) is 4.65. The third kappa shape index (κ3) is 3.92. The van der Waals surface area contributed by atoms with Gasteiger partial charge in [0.1, 0.15) is 0 Å². The molecule has 4 rings (SSSR count). The fourth-order valence-electron chi connectivity index (χ4n) is 3.07. The van der Waals surface area contributed by atoms with Gasteiger partial charge in [0.15, 0.2) is 0 Å². The molecule has 0 saturated heterocycles. The topological polar surface area (TPSA) is 89.6 Å². The van der Waals surface area contributed by atoms with Crippen molar-refractivity contribution in [3.8, 4) is 0 Å². The van der Waals surface area contributed by atoms with E-state index in [1.807, 2.05) is 66.7 Å². The second kappa shape index (κ2) is 8.02. The Balaban J connectivity index is 1.37. The summed E-state index contributed by atoms with van der Waals surface area (Å²) in [6.45, 7) is 0. The Morgan fingerprint density at radius 3 is 2.50 bits per heavy atom. The molecule has 6 heteroatoms. The van der Waals surface area contributed by atoms with Gasteiger partial charge in [0, 0.05) is 30.1 Å². The van der Waals surface area contributed by atoms with E-state index in [2.05, 4.69) is 15.5 Å². The van der Waals surface area contributed by atoms with E-state index in [1.54, 1.807) is 12.4 Å². The molecule has 1 amide bonds. The van der Waals surface area contributed by atoms with Crippen molar-refractivity contribution in [1.82, 2.24) is 4.98 Å². The van der Waals surface area contributed by atoms with Crippen molar-refractivity contribution in [1.29, 1.82) is 0 Å². The standard InChI is InChI=1S/C22H20N4O2/c23-21(15-5-2-1-3-6-15)16-8-10-18(11-9-16)25-22(27)20-13-19(26-28-20)17-7-4-12-24-14-17/h1-12,14,20-21H,13,23H2,(H,25,27). The predicted molar refractivity (Wildman–Crippen MR) is 108 cm³/mol. The van der Waals surface area contributed by atoms with Crippen LogP contribution in [0, 0.1) is 0 Å². The summed E-state index contributed by atoms with van der Waals surface area (Å²) in [7, 11) is 0. The van der Waals surface area contributed by atoms with E-state index < -0.39 is 6.10 Å². The number of oxime groups is 1. The maximum Gasteiger partial charge on any atom is 0.268 e. The molecule has 1 aromatic heterocycles. The third-order valence-electron chi connectivity index (χ3n) is 4.65. The highest BCUT2D eigenvalue weighted by Crippen LogP contribution is 2.22. The smallest absolute Gasteiger partial charge is 0.268 e. The van der Waals surface area contributed by atoms with Gasteiger partial charge in [-0.05, 0) is 35.4 Å². The van der Waals surface area contributed by atoms with Crippen LogP contribution in [-0.2, 0) is 9.63 Å². The van der Waals surface area contributed by atoms with Crippen LogP contribution in [-0.4, -0.2) is 22.7 Å². The Labute approximate surface area is 163 Å². The van der Waals surface area contributed by atoms with E-state index in [-0.39, 0.29) is 11.9 Å². The van der Waals surface area contributed by atoms with E-state index in [4.69, 9.17) is 10.6 Å². The average molecular weight is 372 g/mol. The van der Waals surface area contributed by atoms with E-state index >= 15 is 0 Å². The van der Waals surface area contributed by atoms with Gasteiger partial charge < -0.3 is 15.9 Å². The molecule has 6 nitrogen and oxygen atoms in total. The molecule has 1 aliphatic rings. The zero-order chi connectivity index (χ0) is 19.3. The molecule has 0 spiro atoms.